The van der Waals surface area contributed by atoms with Gasteiger partial charge in [0.05, 0.1) is 24.9 Å². The van der Waals surface area contributed by atoms with Crippen LogP contribution >= 0.6 is 11.6 Å². The highest BCUT2D eigenvalue weighted by Crippen LogP contribution is 2.36. The fourth-order valence-corrected chi connectivity index (χ4v) is 3.57. The summed E-state index contributed by atoms with van der Waals surface area (Å²) in [6.45, 7) is 9.49. The van der Waals surface area contributed by atoms with E-state index in [1.165, 1.54) is 7.11 Å². The molecule has 2 unspecified atom stereocenters. The number of aliphatic hydroxyl groups excluding tert-OH is 1. The predicted molar refractivity (Wildman–Crippen MR) is 115 cm³/mol. The number of hydrogen-bond donors (Lipinski definition) is 2. The van der Waals surface area contributed by atoms with E-state index in [0.29, 0.717) is 29.3 Å². The molecule has 7 heteroatoms. The second-order valence-corrected chi connectivity index (χ2v) is 7.53. The molecule has 0 radical (unpaired) electrons. The molecular weight excluding hydrogens is 392 g/mol. The zero-order chi connectivity index (χ0) is 21.7. The maximum atomic E-state index is 12.7. The monoisotopic (exact) mass is 420 g/mol. The number of nitrogens with one attached hydrogen (secondary N) is 1. The Balaban J connectivity index is 2.58. The van der Waals surface area contributed by atoms with E-state index >= 15 is 0 Å². The van der Waals surface area contributed by atoms with Gasteiger partial charge in [-0.2, -0.15) is 0 Å². The van der Waals surface area contributed by atoms with Crippen LogP contribution in [0.15, 0.2) is 18.3 Å². The number of carbonyl (C=O) groups excluding carboxylic acids is 1. The molecule has 2 atom stereocenters. The Labute approximate surface area is 177 Å². The first-order chi connectivity index (χ1) is 13.7. The number of aliphatic hydroxyl groups is 1. The predicted octanol–water partition coefficient (Wildman–Crippen LogP) is 5.20. The van der Waals surface area contributed by atoms with Gasteiger partial charge in [-0.15, -0.1) is 0 Å². The van der Waals surface area contributed by atoms with Crippen molar-refractivity contribution in [3.8, 4) is 11.6 Å². The lowest BCUT2D eigenvalue weighted by Crippen LogP contribution is -2.33. The summed E-state index contributed by atoms with van der Waals surface area (Å²) < 4.78 is 11.1. The summed E-state index contributed by atoms with van der Waals surface area (Å²) in [5.74, 6) is 0.158. The van der Waals surface area contributed by atoms with Crippen LogP contribution in [0.2, 0.25) is 5.02 Å². The number of ether oxygens (including phenoxy) is 2. The van der Waals surface area contributed by atoms with Gasteiger partial charge < -0.3 is 19.9 Å². The highest BCUT2D eigenvalue weighted by molar-refractivity contribution is 6.30. The smallest absolute Gasteiger partial charge is 0.345 e. The van der Waals surface area contributed by atoms with Gasteiger partial charge >= 0.3 is 5.97 Å². The van der Waals surface area contributed by atoms with Crippen LogP contribution in [0.5, 0.6) is 11.6 Å². The SMILES string of the molecule is CCC(O)C(CC)Nc1c(C)cnc(Oc2c(C)cc(Cl)cc2C)c1C(=O)OC. The van der Waals surface area contributed by atoms with Crippen molar-refractivity contribution in [2.45, 2.75) is 59.6 Å². The van der Waals surface area contributed by atoms with Crippen molar-refractivity contribution in [1.82, 2.24) is 4.98 Å². The van der Waals surface area contributed by atoms with Crippen LogP contribution in [0.3, 0.4) is 0 Å². The minimum Gasteiger partial charge on any atom is -0.465 e. The van der Waals surface area contributed by atoms with Crippen molar-refractivity contribution in [1.29, 1.82) is 0 Å². The molecule has 0 aliphatic heterocycles. The molecule has 2 N–H and O–H groups in total. The molecule has 0 fully saturated rings. The van der Waals surface area contributed by atoms with Crippen LogP contribution in [-0.2, 0) is 4.74 Å². The highest BCUT2D eigenvalue weighted by Gasteiger charge is 2.26. The maximum Gasteiger partial charge on any atom is 0.345 e. The van der Waals surface area contributed by atoms with Crippen molar-refractivity contribution >= 4 is 23.3 Å². The van der Waals surface area contributed by atoms with Crippen LogP contribution in [0.1, 0.15) is 53.7 Å². The van der Waals surface area contributed by atoms with Gasteiger partial charge in [0.2, 0.25) is 5.88 Å². The fourth-order valence-electron chi connectivity index (χ4n) is 3.24. The molecule has 0 bridgehead atoms. The van der Waals surface area contributed by atoms with Crippen molar-refractivity contribution in [3.63, 3.8) is 0 Å². The number of aryl methyl sites for hydroxylation is 3. The minimum absolute atomic E-state index is 0.138. The van der Waals surface area contributed by atoms with Crippen LogP contribution in [-0.4, -0.2) is 35.3 Å². The zero-order valence-electron chi connectivity index (χ0n) is 17.8. The molecule has 158 valence electrons. The van der Waals surface area contributed by atoms with E-state index in [0.717, 1.165) is 16.7 Å². The average Bonchev–Trinajstić information content (AvgIpc) is 2.69. The Morgan fingerprint density at radius 1 is 1.17 bits per heavy atom. The van der Waals surface area contributed by atoms with Gasteiger partial charge in [-0.05, 0) is 62.4 Å². The van der Waals surface area contributed by atoms with Crippen molar-refractivity contribution in [2.24, 2.45) is 0 Å². The van der Waals surface area contributed by atoms with Crippen LogP contribution in [0.4, 0.5) is 5.69 Å². The molecule has 1 aromatic carbocycles. The van der Waals surface area contributed by atoms with Gasteiger partial charge in [-0.1, -0.05) is 25.4 Å². The molecule has 0 saturated carbocycles. The second kappa shape index (κ2) is 9.94. The molecule has 0 aliphatic carbocycles. The third kappa shape index (κ3) is 5.19. The molecular formula is C22H29ClN2O4. The highest BCUT2D eigenvalue weighted by atomic mass is 35.5. The minimum atomic E-state index is -0.566. The summed E-state index contributed by atoms with van der Waals surface area (Å²) in [4.78, 5) is 17.0. The van der Waals surface area contributed by atoms with E-state index in [-0.39, 0.29) is 17.5 Å². The lowest BCUT2D eigenvalue weighted by molar-refractivity contribution is 0.0597. The summed E-state index contributed by atoms with van der Waals surface area (Å²) in [5, 5.41) is 14.2. The maximum absolute atomic E-state index is 12.7. The number of benzene rings is 1. The number of aromatic nitrogens is 1. The molecule has 1 heterocycles. The van der Waals surface area contributed by atoms with Crippen molar-refractivity contribution < 1.29 is 19.4 Å². The largest absolute Gasteiger partial charge is 0.465 e. The van der Waals surface area contributed by atoms with Crippen molar-refractivity contribution in [3.05, 3.63) is 45.6 Å². The molecule has 0 saturated heterocycles. The average molecular weight is 421 g/mol. The van der Waals surface area contributed by atoms with Gasteiger partial charge in [0.1, 0.15) is 11.3 Å². The van der Waals surface area contributed by atoms with E-state index in [4.69, 9.17) is 21.1 Å². The number of methoxy groups -OCH3 is 1. The summed E-state index contributed by atoms with van der Waals surface area (Å²) in [6.07, 6.45) is 2.36. The van der Waals surface area contributed by atoms with Gasteiger partial charge in [-0.3, -0.25) is 0 Å². The number of anilines is 1. The zero-order valence-corrected chi connectivity index (χ0v) is 18.6. The molecule has 29 heavy (non-hydrogen) atoms. The summed E-state index contributed by atoms with van der Waals surface area (Å²) >= 11 is 6.11. The molecule has 0 spiro atoms. The fraction of sp³-hybridized carbons (Fsp3) is 0.455. The van der Waals surface area contributed by atoms with Crippen LogP contribution in [0.25, 0.3) is 0 Å². The molecule has 0 aliphatic rings. The van der Waals surface area contributed by atoms with Gasteiger partial charge in [-0.25, -0.2) is 9.78 Å². The lowest BCUT2D eigenvalue weighted by Gasteiger charge is -2.26. The number of nitrogens with zero attached hydrogens (tertiary/aromatic N) is 1. The van der Waals surface area contributed by atoms with Gasteiger partial charge in [0, 0.05) is 11.2 Å². The first kappa shape index (κ1) is 23.0. The van der Waals surface area contributed by atoms with Gasteiger partial charge in [0.15, 0.2) is 0 Å². The van der Waals surface area contributed by atoms with E-state index < -0.39 is 12.1 Å². The number of pyridine rings is 1. The summed E-state index contributed by atoms with van der Waals surface area (Å²) in [7, 11) is 1.31. The Bertz CT molecular complexity index is 862. The van der Waals surface area contributed by atoms with E-state index in [1.807, 2.05) is 34.6 Å². The van der Waals surface area contributed by atoms with Gasteiger partial charge in [0.25, 0.3) is 0 Å². The Morgan fingerprint density at radius 2 is 1.79 bits per heavy atom. The van der Waals surface area contributed by atoms with E-state index in [2.05, 4.69) is 10.3 Å². The first-order valence-corrected chi connectivity index (χ1v) is 10.1. The lowest BCUT2D eigenvalue weighted by atomic mass is 10.0. The molecule has 2 aromatic rings. The first-order valence-electron chi connectivity index (χ1n) is 9.70. The molecule has 6 nitrogen and oxygen atoms in total. The molecule has 0 amide bonds. The molecule has 1 aromatic heterocycles. The summed E-state index contributed by atoms with van der Waals surface area (Å²) in [6, 6.07) is 3.36. The Hall–Kier alpha value is -2.31. The number of halogens is 1. The van der Waals surface area contributed by atoms with E-state index in [1.54, 1.807) is 18.3 Å². The summed E-state index contributed by atoms with van der Waals surface area (Å²) in [5.41, 5.74) is 3.16. The van der Waals surface area contributed by atoms with Crippen LogP contribution in [0, 0.1) is 20.8 Å². The normalized spacial score (nSPS) is 13.0. The molecule has 2 rings (SSSR count). The third-order valence-electron chi connectivity index (χ3n) is 4.90. The Kier molecular flexibility index (Phi) is 7.88. The Morgan fingerprint density at radius 3 is 2.31 bits per heavy atom. The quantitative estimate of drug-likeness (QED) is 0.571. The number of rotatable bonds is 8. The van der Waals surface area contributed by atoms with Crippen LogP contribution < -0.4 is 10.1 Å². The second-order valence-electron chi connectivity index (χ2n) is 7.09. The number of esters is 1. The standard InChI is InChI=1S/C22H29ClN2O4/c1-7-16(17(26)8-2)25-19-14(5)11-24-21(18(19)22(27)28-6)29-20-12(3)9-15(23)10-13(20)4/h9-11,16-17,26H,7-8H2,1-6H3,(H,24,25). The number of carbonyl (C=O) groups is 1. The number of hydrogen-bond acceptors (Lipinski definition) is 6. The van der Waals surface area contributed by atoms with E-state index in [9.17, 15) is 9.90 Å². The van der Waals surface area contributed by atoms with Crippen molar-refractivity contribution in [2.75, 3.05) is 12.4 Å². The third-order valence-corrected chi connectivity index (χ3v) is 5.12. The topological polar surface area (TPSA) is 80.7 Å².